The van der Waals surface area contributed by atoms with Gasteiger partial charge in [0.15, 0.2) is 0 Å². The molecule has 0 aromatic heterocycles. The first-order valence-corrected chi connectivity index (χ1v) is 7.27. The predicted molar refractivity (Wildman–Crippen MR) is 85.1 cm³/mol. The van der Waals surface area contributed by atoms with Crippen molar-refractivity contribution in [1.82, 2.24) is 4.90 Å². The summed E-state index contributed by atoms with van der Waals surface area (Å²) in [6.45, 7) is 6.65. The highest BCUT2D eigenvalue weighted by Crippen LogP contribution is 2.29. The molecular weight excluding hydrogens is 268 g/mol. The third-order valence-electron chi connectivity index (χ3n) is 3.71. The zero-order chi connectivity index (χ0) is 15.8. The maximum atomic E-state index is 6.37. The van der Waals surface area contributed by atoms with Crippen LogP contribution in [0, 0.1) is 0 Å². The molecule has 1 rings (SSSR count). The minimum atomic E-state index is -0.120. The Morgan fingerprint density at radius 2 is 1.90 bits per heavy atom. The number of nitrogens with two attached hydrogens (primary N) is 1. The molecule has 0 radical (unpaired) electrons. The van der Waals surface area contributed by atoms with Crippen LogP contribution in [0.25, 0.3) is 0 Å². The van der Waals surface area contributed by atoms with Crippen LogP contribution in [0.3, 0.4) is 0 Å². The largest absolute Gasteiger partial charge is 0.497 e. The lowest BCUT2D eigenvalue weighted by molar-refractivity contribution is 0.0984. The van der Waals surface area contributed by atoms with Gasteiger partial charge in [0.05, 0.1) is 20.8 Å². The van der Waals surface area contributed by atoms with Crippen LogP contribution in [0.5, 0.6) is 11.5 Å². The zero-order valence-electron chi connectivity index (χ0n) is 13.8. The third-order valence-corrected chi connectivity index (χ3v) is 3.71. The van der Waals surface area contributed by atoms with Crippen molar-refractivity contribution in [2.24, 2.45) is 5.73 Å². The molecule has 5 nitrogen and oxygen atoms in total. The standard InChI is InChI=1S/C16H28N2O3/c1-6-18(12(2)11-19-3)10-15(17)14-8-7-13(20-4)9-16(14)21-5/h7-9,12,15H,6,10-11,17H2,1-5H3. The molecule has 0 saturated carbocycles. The monoisotopic (exact) mass is 296 g/mol. The fourth-order valence-electron chi connectivity index (χ4n) is 2.44. The fraction of sp³-hybridized carbons (Fsp3) is 0.625. The van der Waals surface area contributed by atoms with Gasteiger partial charge in [-0.2, -0.15) is 0 Å². The Kier molecular flexibility index (Phi) is 7.50. The molecule has 0 spiro atoms. The summed E-state index contributed by atoms with van der Waals surface area (Å²) >= 11 is 0. The SMILES string of the molecule is CCN(CC(N)c1ccc(OC)cc1OC)C(C)COC. The molecule has 0 aliphatic heterocycles. The normalized spacial score (nSPS) is 14.0. The minimum absolute atomic E-state index is 0.120. The highest BCUT2D eigenvalue weighted by atomic mass is 16.5. The molecule has 0 saturated heterocycles. The summed E-state index contributed by atoms with van der Waals surface area (Å²) in [6, 6.07) is 5.95. The van der Waals surface area contributed by atoms with E-state index in [-0.39, 0.29) is 6.04 Å². The Balaban J connectivity index is 2.84. The van der Waals surface area contributed by atoms with E-state index in [2.05, 4.69) is 18.7 Å². The number of likely N-dealkylation sites (N-methyl/N-ethyl adjacent to an activating group) is 1. The summed E-state index contributed by atoms with van der Waals surface area (Å²) in [6.07, 6.45) is 0. The van der Waals surface area contributed by atoms with Gasteiger partial charge in [-0.15, -0.1) is 0 Å². The number of benzene rings is 1. The molecule has 0 amide bonds. The summed E-state index contributed by atoms with van der Waals surface area (Å²) in [5, 5.41) is 0. The van der Waals surface area contributed by atoms with Crippen LogP contribution in [0.1, 0.15) is 25.5 Å². The fourth-order valence-corrected chi connectivity index (χ4v) is 2.44. The number of hydrogen-bond donors (Lipinski definition) is 1. The molecule has 2 atom stereocenters. The van der Waals surface area contributed by atoms with E-state index in [0.29, 0.717) is 12.6 Å². The lowest BCUT2D eigenvalue weighted by atomic mass is 10.0. The second-order valence-electron chi connectivity index (χ2n) is 5.11. The van der Waals surface area contributed by atoms with Gasteiger partial charge in [0.2, 0.25) is 0 Å². The smallest absolute Gasteiger partial charge is 0.127 e. The van der Waals surface area contributed by atoms with Crippen LogP contribution in [-0.2, 0) is 4.74 Å². The van der Waals surface area contributed by atoms with Gasteiger partial charge in [0.25, 0.3) is 0 Å². The molecule has 5 heteroatoms. The van der Waals surface area contributed by atoms with E-state index in [1.807, 2.05) is 18.2 Å². The van der Waals surface area contributed by atoms with Crippen LogP contribution in [0.4, 0.5) is 0 Å². The van der Waals surface area contributed by atoms with E-state index < -0.39 is 0 Å². The molecule has 0 aliphatic rings. The summed E-state index contributed by atoms with van der Waals surface area (Å²) in [4.78, 5) is 2.30. The predicted octanol–water partition coefficient (Wildman–Crippen LogP) is 2.06. The summed E-state index contributed by atoms with van der Waals surface area (Å²) in [5.41, 5.74) is 7.36. The minimum Gasteiger partial charge on any atom is -0.497 e. The first-order valence-electron chi connectivity index (χ1n) is 7.27. The third kappa shape index (κ3) is 4.88. The van der Waals surface area contributed by atoms with Crippen LogP contribution >= 0.6 is 0 Å². The first-order chi connectivity index (χ1) is 10.1. The van der Waals surface area contributed by atoms with E-state index in [0.717, 1.165) is 30.2 Å². The molecule has 1 aromatic rings. The van der Waals surface area contributed by atoms with Crippen molar-refractivity contribution >= 4 is 0 Å². The molecule has 1 aromatic carbocycles. The van der Waals surface area contributed by atoms with E-state index in [9.17, 15) is 0 Å². The average Bonchev–Trinajstić information content (AvgIpc) is 2.51. The number of ether oxygens (including phenoxy) is 3. The van der Waals surface area contributed by atoms with Crippen LogP contribution < -0.4 is 15.2 Å². The van der Waals surface area contributed by atoms with Crippen molar-refractivity contribution < 1.29 is 14.2 Å². The van der Waals surface area contributed by atoms with E-state index in [4.69, 9.17) is 19.9 Å². The van der Waals surface area contributed by atoms with Crippen LogP contribution in [0.15, 0.2) is 18.2 Å². The Bertz CT molecular complexity index is 426. The Morgan fingerprint density at radius 3 is 2.43 bits per heavy atom. The molecule has 21 heavy (non-hydrogen) atoms. The molecule has 2 N–H and O–H groups in total. The molecule has 2 unspecified atom stereocenters. The van der Waals surface area contributed by atoms with Gasteiger partial charge in [0.1, 0.15) is 11.5 Å². The maximum Gasteiger partial charge on any atom is 0.127 e. The van der Waals surface area contributed by atoms with Gasteiger partial charge in [0, 0.05) is 37.4 Å². The number of nitrogens with zero attached hydrogens (tertiary/aromatic N) is 1. The second kappa shape index (κ2) is 8.87. The molecule has 0 heterocycles. The topological polar surface area (TPSA) is 57.0 Å². The molecule has 0 aliphatic carbocycles. The lowest BCUT2D eigenvalue weighted by Crippen LogP contribution is -2.40. The van der Waals surface area contributed by atoms with Crippen molar-refractivity contribution in [3.63, 3.8) is 0 Å². The van der Waals surface area contributed by atoms with Crippen molar-refractivity contribution in [3.8, 4) is 11.5 Å². The highest BCUT2D eigenvalue weighted by Gasteiger charge is 2.19. The van der Waals surface area contributed by atoms with E-state index in [1.54, 1.807) is 21.3 Å². The number of rotatable bonds is 9. The number of methoxy groups -OCH3 is 3. The van der Waals surface area contributed by atoms with Gasteiger partial charge in [-0.05, 0) is 19.5 Å². The Labute approximate surface area is 128 Å². The summed E-state index contributed by atoms with van der Waals surface area (Å²) in [7, 11) is 5.01. The maximum absolute atomic E-state index is 6.37. The average molecular weight is 296 g/mol. The molecule has 0 fully saturated rings. The van der Waals surface area contributed by atoms with Gasteiger partial charge in [-0.3, -0.25) is 4.90 Å². The van der Waals surface area contributed by atoms with Gasteiger partial charge in [-0.1, -0.05) is 13.0 Å². The Hall–Kier alpha value is -1.30. The quantitative estimate of drug-likeness (QED) is 0.756. The van der Waals surface area contributed by atoms with Crippen LogP contribution in [-0.4, -0.2) is 52.0 Å². The number of hydrogen-bond acceptors (Lipinski definition) is 5. The summed E-state index contributed by atoms with van der Waals surface area (Å²) in [5.74, 6) is 1.53. The van der Waals surface area contributed by atoms with Crippen molar-refractivity contribution in [1.29, 1.82) is 0 Å². The van der Waals surface area contributed by atoms with Gasteiger partial charge in [-0.25, -0.2) is 0 Å². The van der Waals surface area contributed by atoms with Crippen LogP contribution in [0.2, 0.25) is 0 Å². The van der Waals surface area contributed by atoms with E-state index >= 15 is 0 Å². The second-order valence-corrected chi connectivity index (χ2v) is 5.11. The van der Waals surface area contributed by atoms with Crippen molar-refractivity contribution in [2.45, 2.75) is 25.9 Å². The molecule has 0 bridgehead atoms. The molecule has 120 valence electrons. The Morgan fingerprint density at radius 1 is 1.19 bits per heavy atom. The van der Waals surface area contributed by atoms with Crippen molar-refractivity contribution in [3.05, 3.63) is 23.8 Å². The van der Waals surface area contributed by atoms with Gasteiger partial charge >= 0.3 is 0 Å². The summed E-state index contributed by atoms with van der Waals surface area (Å²) < 4.78 is 15.9. The van der Waals surface area contributed by atoms with Crippen molar-refractivity contribution in [2.75, 3.05) is 41.0 Å². The molecular formula is C16H28N2O3. The van der Waals surface area contributed by atoms with E-state index in [1.165, 1.54) is 0 Å². The first kappa shape index (κ1) is 17.8. The lowest BCUT2D eigenvalue weighted by Gasteiger charge is -2.30. The zero-order valence-corrected chi connectivity index (χ0v) is 13.8. The van der Waals surface area contributed by atoms with Gasteiger partial charge < -0.3 is 19.9 Å². The highest BCUT2D eigenvalue weighted by molar-refractivity contribution is 5.42.